The molecule has 0 saturated heterocycles. The highest BCUT2D eigenvalue weighted by molar-refractivity contribution is 9.10. The van der Waals surface area contributed by atoms with Crippen LogP contribution in [0.25, 0.3) is 0 Å². The number of rotatable bonds is 10. The summed E-state index contributed by atoms with van der Waals surface area (Å²) in [5.41, 5.74) is 1.80. The second kappa shape index (κ2) is 10.8. The molecule has 3 aromatic rings. The van der Waals surface area contributed by atoms with Crippen molar-refractivity contribution < 1.29 is 18.6 Å². The normalized spacial score (nSPS) is 11.4. The molecule has 0 radical (unpaired) electrons. The number of para-hydroxylation sites is 1. The summed E-state index contributed by atoms with van der Waals surface area (Å²) in [5.74, 6) is 1.23. The minimum absolute atomic E-state index is 0.193. The van der Waals surface area contributed by atoms with Crippen LogP contribution in [0.15, 0.2) is 71.2 Å². The quantitative estimate of drug-likeness (QED) is 0.294. The average molecular weight is 487 g/mol. The summed E-state index contributed by atoms with van der Waals surface area (Å²) in [6.45, 7) is 7.93. The lowest BCUT2D eigenvalue weighted by Crippen LogP contribution is -2.24. The summed E-state index contributed by atoms with van der Waals surface area (Å²) < 4.78 is 32.5. The van der Waals surface area contributed by atoms with Crippen LogP contribution in [0.5, 0.6) is 17.2 Å². The minimum atomic E-state index is -0.400. The first-order valence-electron chi connectivity index (χ1n) is 10.4. The van der Waals surface area contributed by atoms with Gasteiger partial charge < -0.3 is 14.2 Å². The summed E-state index contributed by atoms with van der Waals surface area (Å²) in [6, 6.07) is 20.1. The topological polar surface area (TPSA) is 27.7 Å². The fourth-order valence-corrected chi connectivity index (χ4v) is 3.58. The average Bonchev–Trinajstić information content (AvgIpc) is 2.75. The maximum atomic E-state index is 14.2. The van der Waals surface area contributed by atoms with Gasteiger partial charge in [-0.1, -0.05) is 51.1 Å². The third kappa shape index (κ3) is 6.55. The Bertz CT molecular complexity index is 989. The molecule has 0 aliphatic heterocycles. The number of hydrogen-bond acceptors (Lipinski definition) is 3. The first kappa shape index (κ1) is 23.3. The highest BCUT2D eigenvalue weighted by Crippen LogP contribution is 2.32. The van der Waals surface area contributed by atoms with Gasteiger partial charge in [-0.2, -0.15) is 0 Å². The van der Waals surface area contributed by atoms with Crippen LogP contribution < -0.4 is 9.47 Å². The van der Waals surface area contributed by atoms with Crippen LogP contribution in [0.3, 0.4) is 0 Å². The van der Waals surface area contributed by atoms with E-state index in [0.717, 1.165) is 27.8 Å². The minimum Gasteiger partial charge on any atom is -0.492 e. The molecule has 0 unspecified atom stereocenters. The van der Waals surface area contributed by atoms with Gasteiger partial charge in [0.25, 0.3) is 0 Å². The van der Waals surface area contributed by atoms with Gasteiger partial charge in [0.05, 0.1) is 24.3 Å². The lowest BCUT2D eigenvalue weighted by molar-refractivity contribution is 0.0823. The van der Waals surface area contributed by atoms with Crippen LogP contribution in [0.2, 0.25) is 0 Å². The maximum Gasteiger partial charge on any atom is 0.165 e. The molecule has 0 atom stereocenters. The molecule has 0 aliphatic rings. The molecular weight excluding hydrogens is 459 g/mol. The molecule has 3 aromatic carbocycles. The van der Waals surface area contributed by atoms with Crippen molar-refractivity contribution >= 4 is 15.9 Å². The van der Waals surface area contributed by atoms with Crippen molar-refractivity contribution in [1.82, 2.24) is 0 Å². The lowest BCUT2D eigenvalue weighted by atomic mass is 9.85. The predicted octanol–water partition coefficient (Wildman–Crippen LogP) is 7.66. The number of ether oxygens (including phenoxy) is 3. The zero-order valence-electron chi connectivity index (χ0n) is 18.2. The Hall–Kier alpha value is -2.37. The Kier molecular flexibility index (Phi) is 8.10. The van der Waals surface area contributed by atoms with Crippen molar-refractivity contribution in [2.75, 3.05) is 13.2 Å². The molecule has 0 saturated carbocycles. The van der Waals surface area contributed by atoms with E-state index in [2.05, 4.69) is 48.8 Å². The first-order valence-corrected chi connectivity index (χ1v) is 11.2. The van der Waals surface area contributed by atoms with Crippen molar-refractivity contribution in [3.63, 3.8) is 0 Å². The molecule has 0 bridgehead atoms. The van der Waals surface area contributed by atoms with Gasteiger partial charge in [0.2, 0.25) is 0 Å². The maximum absolute atomic E-state index is 14.2. The standard InChI is InChI=1S/C26H28BrFO3/c1-4-14-30-24-13-11-20(16-22(24)27)26(2,3)18-29-17-19-10-12-23(28)25(15-19)31-21-8-6-5-7-9-21/h5-13,15-16H,4,14,17-18H2,1-3H3. The van der Waals surface area contributed by atoms with Crippen molar-refractivity contribution in [2.24, 2.45) is 0 Å². The fraction of sp³-hybridized carbons (Fsp3) is 0.308. The van der Waals surface area contributed by atoms with Crippen molar-refractivity contribution in [3.8, 4) is 17.2 Å². The smallest absolute Gasteiger partial charge is 0.165 e. The van der Waals surface area contributed by atoms with Gasteiger partial charge in [-0.05, 0) is 69.9 Å². The highest BCUT2D eigenvalue weighted by atomic mass is 79.9. The molecule has 0 amide bonds. The van der Waals surface area contributed by atoms with E-state index < -0.39 is 5.82 Å². The molecule has 0 spiro atoms. The molecule has 0 fully saturated rings. The van der Waals surface area contributed by atoms with E-state index in [4.69, 9.17) is 14.2 Å². The van der Waals surface area contributed by atoms with Gasteiger partial charge in [-0.25, -0.2) is 4.39 Å². The summed E-state index contributed by atoms with van der Waals surface area (Å²) in [4.78, 5) is 0. The molecule has 5 heteroatoms. The van der Waals surface area contributed by atoms with Gasteiger partial charge in [0.15, 0.2) is 11.6 Å². The third-order valence-electron chi connectivity index (χ3n) is 4.87. The third-order valence-corrected chi connectivity index (χ3v) is 5.49. The van der Waals surface area contributed by atoms with E-state index in [9.17, 15) is 4.39 Å². The molecule has 3 nitrogen and oxygen atoms in total. The molecular formula is C26H28BrFO3. The Morgan fingerprint density at radius 3 is 2.42 bits per heavy atom. The summed E-state index contributed by atoms with van der Waals surface area (Å²) in [7, 11) is 0. The number of hydrogen-bond donors (Lipinski definition) is 0. The monoisotopic (exact) mass is 486 g/mol. The molecule has 164 valence electrons. The van der Waals surface area contributed by atoms with Crippen LogP contribution in [-0.4, -0.2) is 13.2 Å². The number of benzene rings is 3. The van der Waals surface area contributed by atoms with Crippen LogP contribution in [0, 0.1) is 5.82 Å². The summed E-state index contributed by atoms with van der Waals surface area (Å²) in [6.07, 6.45) is 0.967. The van der Waals surface area contributed by atoms with Crippen LogP contribution in [-0.2, 0) is 16.8 Å². The fourth-order valence-electron chi connectivity index (χ4n) is 3.09. The van der Waals surface area contributed by atoms with Crippen molar-refractivity contribution in [2.45, 2.75) is 39.2 Å². The molecule has 3 rings (SSSR count). The van der Waals surface area contributed by atoms with E-state index in [1.54, 1.807) is 24.3 Å². The van der Waals surface area contributed by atoms with Crippen LogP contribution in [0.4, 0.5) is 4.39 Å². The summed E-state index contributed by atoms with van der Waals surface area (Å²) in [5, 5.41) is 0. The Balaban J connectivity index is 1.61. The van der Waals surface area contributed by atoms with E-state index >= 15 is 0 Å². The SMILES string of the molecule is CCCOc1ccc(C(C)(C)COCc2ccc(F)c(Oc3ccccc3)c2)cc1Br. The van der Waals surface area contributed by atoms with Gasteiger partial charge in [-0.15, -0.1) is 0 Å². The molecule has 0 N–H and O–H groups in total. The van der Waals surface area contributed by atoms with E-state index in [-0.39, 0.29) is 11.2 Å². The zero-order chi connectivity index (χ0) is 22.3. The first-order chi connectivity index (χ1) is 14.9. The van der Waals surface area contributed by atoms with Crippen LogP contribution in [0.1, 0.15) is 38.3 Å². The van der Waals surface area contributed by atoms with Gasteiger partial charge in [0, 0.05) is 5.41 Å². The Labute approximate surface area is 192 Å². The van der Waals surface area contributed by atoms with E-state index in [0.29, 0.717) is 25.6 Å². The molecule has 0 aliphatic carbocycles. The molecule has 0 aromatic heterocycles. The number of halogens is 2. The largest absolute Gasteiger partial charge is 0.492 e. The van der Waals surface area contributed by atoms with Gasteiger partial charge >= 0.3 is 0 Å². The zero-order valence-corrected chi connectivity index (χ0v) is 19.7. The van der Waals surface area contributed by atoms with E-state index in [1.165, 1.54) is 6.07 Å². The van der Waals surface area contributed by atoms with Gasteiger partial charge in [-0.3, -0.25) is 0 Å². The lowest BCUT2D eigenvalue weighted by Gasteiger charge is -2.26. The highest BCUT2D eigenvalue weighted by Gasteiger charge is 2.22. The second-order valence-corrected chi connectivity index (χ2v) is 8.90. The molecule has 31 heavy (non-hydrogen) atoms. The Morgan fingerprint density at radius 1 is 0.935 bits per heavy atom. The van der Waals surface area contributed by atoms with Crippen LogP contribution >= 0.6 is 15.9 Å². The second-order valence-electron chi connectivity index (χ2n) is 8.05. The van der Waals surface area contributed by atoms with Gasteiger partial charge in [0.1, 0.15) is 11.5 Å². The Morgan fingerprint density at radius 2 is 1.71 bits per heavy atom. The van der Waals surface area contributed by atoms with Crippen molar-refractivity contribution in [3.05, 3.63) is 88.1 Å². The predicted molar refractivity (Wildman–Crippen MR) is 126 cm³/mol. The van der Waals surface area contributed by atoms with Crippen molar-refractivity contribution in [1.29, 1.82) is 0 Å². The van der Waals surface area contributed by atoms with E-state index in [1.807, 2.05) is 24.3 Å². The molecule has 0 heterocycles. The summed E-state index contributed by atoms with van der Waals surface area (Å²) >= 11 is 3.60.